The van der Waals surface area contributed by atoms with Crippen LogP contribution in [0.25, 0.3) is 0 Å². The number of hydrogen-bond acceptors (Lipinski definition) is 5. The Hall–Kier alpha value is -2.70. The second-order valence-corrected chi connectivity index (χ2v) is 4.05. The third-order valence-electron chi connectivity index (χ3n) is 2.77. The molecule has 2 aromatic rings. The van der Waals surface area contributed by atoms with Crippen molar-refractivity contribution in [2.45, 2.75) is 13.3 Å². The lowest BCUT2D eigenvalue weighted by atomic mass is 10.1. The van der Waals surface area contributed by atoms with Gasteiger partial charge in [0.1, 0.15) is 5.56 Å². The van der Waals surface area contributed by atoms with Crippen molar-refractivity contribution >= 4 is 11.7 Å². The number of esters is 1. The summed E-state index contributed by atoms with van der Waals surface area (Å²) < 4.78 is 4.91. The minimum absolute atomic E-state index is 0.0110. The molecule has 2 rings (SSSR count). The molecule has 0 amide bonds. The number of nitrogens with zero attached hydrogens (tertiary/aromatic N) is 2. The van der Waals surface area contributed by atoms with E-state index in [2.05, 4.69) is 10.2 Å². The van der Waals surface area contributed by atoms with E-state index in [1.54, 1.807) is 25.1 Å². The number of para-hydroxylation sites is 1. The SMILES string of the molecule is CCOC(=O)c1cn[nH]c1Cc1ccccc1[N+](=O)[O-]. The Balaban J connectivity index is 2.30. The summed E-state index contributed by atoms with van der Waals surface area (Å²) in [5.41, 5.74) is 1.31. The minimum Gasteiger partial charge on any atom is -0.462 e. The molecule has 0 bridgehead atoms. The fraction of sp³-hybridized carbons (Fsp3) is 0.231. The van der Waals surface area contributed by atoms with Gasteiger partial charge in [-0.15, -0.1) is 0 Å². The van der Waals surface area contributed by atoms with Gasteiger partial charge in [-0.1, -0.05) is 18.2 Å². The first-order chi connectivity index (χ1) is 9.63. The van der Waals surface area contributed by atoms with Crippen molar-refractivity contribution < 1.29 is 14.5 Å². The molecule has 0 unspecified atom stereocenters. The van der Waals surface area contributed by atoms with Crippen LogP contribution in [-0.4, -0.2) is 27.7 Å². The van der Waals surface area contributed by atoms with Crippen LogP contribution in [0, 0.1) is 10.1 Å². The molecule has 20 heavy (non-hydrogen) atoms. The molecule has 7 nitrogen and oxygen atoms in total. The molecule has 0 fully saturated rings. The van der Waals surface area contributed by atoms with Crippen LogP contribution in [0.3, 0.4) is 0 Å². The molecular weight excluding hydrogens is 262 g/mol. The smallest absolute Gasteiger partial charge is 0.341 e. The summed E-state index contributed by atoms with van der Waals surface area (Å²) in [6, 6.07) is 6.38. The van der Waals surface area contributed by atoms with E-state index in [0.29, 0.717) is 16.8 Å². The number of ether oxygens (including phenoxy) is 1. The molecular formula is C13H13N3O4. The Labute approximate surface area is 114 Å². The summed E-state index contributed by atoms with van der Waals surface area (Å²) in [6.45, 7) is 1.97. The maximum atomic E-state index is 11.7. The van der Waals surface area contributed by atoms with E-state index in [1.807, 2.05) is 0 Å². The lowest BCUT2D eigenvalue weighted by Gasteiger charge is -2.04. The molecule has 1 heterocycles. The third-order valence-corrected chi connectivity index (χ3v) is 2.77. The van der Waals surface area contributed by atoms with Crippen LogP contribution < -0.4 is 0 Å². The van der Waals surface area contributed by atoms with Gasteiger partial charge in [-0.2, -0.15) is 5.10 Å². The number of nitrogens with one attached hydrogen (secondary N) is 1. The topological polar surface area (TPSA) is 98.1 Å². The van der Waals surface area contributed by atoms with Gasteiger partial charge in [0.25, 0.3) is 5.69 Å². The van der Waals surface area contributed by atoms with Crippen molar-refractivity contribution in [2.24, 2.45) is 0 Å². The van der Waals surface area contributed by atoms with Crippen LogP contribution >= 0.6 is 0 Å². The zero-order chi connectivity index (χ0) is 14.5. The predicted molar refractivity (Wildman–Crippen MR) is 70.4 cm³/mol. The number of carbonyl (C=O) groups is 1. The number of H-pyrrole nitrogens is 1. The summed E-state index contributed by atoms with van der Waals surface area (Å²) in [5, 5.41) is 17.4. The summed E-state index contributed by atoms with van der Waals surface area (Å²) in [6.07, 6.45) is 1.58. The highest BCUT2D eigenvalue weighted by Crippen LogP contribution is 2.21. The van der Waals surface area contributed by atoms with Gasteiger partial charge >= 0.3 is 5.97 Å². The summed E-state index contributed by atoms with van der Waals surface area (Å²) in [7, 11) is 0. The van der Waals surface area contributed by atoms with Gasteiger partial charge in [-0.3, -0.25) is 15.2 Å². The maximum absolute atomic E-state index is 11.7. The van der Waals surface area contributed by atoms with Crippen molar-refractivity contribution in [3.63, 3.8) is 0 Å². The Morgan fingerprint density at radius 1 is 1.45 bits per heavy atom. The van der Waals surface area contributed by atoms with Crippen LogP contribution in [0.4, 0.5) is 5.69 Å². The fourth-order valence-corrected chi connectivity index (χ4v) is 1.86. The van der Waals surface area contributed by atoms with E-state index in [-0.39, 0.29) is 18.7 Å². The maximum Gasteiger partial charge on any atom is 0.341 e. The van der Waals surface area contributed by atoms with E-state index in [0.717, 1.165) is 0 Å². The molecule has 0 saturated carbocycles. The van der Waals surface area contributed by atoms with E-state index in [4.69, 9.17) is 4.74 Å². The van der Waals surface area contributed by atoms with E-state index >= 15 is 0 Å². The zero-order valence-corrected chi connectivity index (χ0v) is 10.8. The Morgan fingerprint density at radius 3 is 2.90 bits per heavy atom. The molecule has 0 aliphatic heterocycles. The van der Waals surface area contributed by atoms with Gasteiger partial charge in [0, 0.05) is 18.1 Å². The van der Waals surface area contributed by atoms with Crippen molar-refractivity contribution in [2.75, 3.05) is 6.61 Å². The minimum atomic E-state index is -0.491. The molecule has 0 atom stereocenters. The molecule has 0 aliphatic carbocycles. The third kappa shape index (κ3) is 2.82. The standard InChI is InChI=1S/C13H13N3O4/c1-2-20-13(17)10-8-14-15-11(10)7-9-5-3-4-6-12(9)16(18)19/h3-6,8H,2,7H2,1H3,(H,14,15). The second kappa shape index (κ2) is 5.96. The lowest BCUT2D eigenvalue weighted by Crippen LogP contribution is -2.07. The van der Waals surface area contributed by atoms with Crippen molar-refractivity contribution in [1.82, 2.24) is 10.2 Å². The van der Waals surface area contributed by atoms with Gasteiger partial charge in [-0.05, 0) is 6.92 Å². The Morgan fingerprint density at radius 2 is 2.20 bits per heavy atom. The molecule has 0 saturated heterocycles. The first-order valence-electron chi connectivity index (χ1n) is 6.05. The second-order valence-electron chi connectivity index (χ2n) is 4.05. The van der Waals surface area contributed by atoms with Gasteiger partial charge in [-0.25, -0.2) is 4.79 Å². The average Bonchev–Trinajstić information content (AvgIpc) is 2.87. The van der Waals surface area contributed by atoms with Crippen LogP contribution in [0.2, 0.25) is 0 Å². The van der Waals surface area contributed by atoms with E-state index in [1.165, 1.54) is 12.3 Å². The number of aromatic amines is 1. The predicted octanol–water partition coefficient (Wildman–Crippen LogP) is 2.09. The molecule has 1 aromatic carbocycles. The average molecular weight is 275 g/mol. The number of hydrogen-bond donors (Lipinski definition) is 1. The highest BCUT2D eigenvalue weighted by Gasteiger charge is 2.19. The number of aromatic nitrogens is 2. The molecule has 1 aromatic heterocycles. The van der Waals surface area contributed by atoms with Crippen LogP contribution in [0.15, 0.2) is 30.5 Å². The highest BCUT2D eigenvalue weighted by atomic mass is 16.6. The van der Waals surface area contributed by atoms with Crippen molar-refractivity contribution in [1.29, 1.82) is 0 Å². The number of carbonyl (C=O) groups excluding carboxylic acids is 1. The quantitative estimate of drug-likeness (QED) is 0.511. The normalized spacial score (nSPS) is 10.2. The largest absolute Gasteiger partial charge is 0.462 e. The number of nitro benzene ring substituents is 1. The molecule has 0 radical (unpaired) electrons. The van der Waals surface area contributed by atoms with Crippen molar-refractivity contribution in [3.05, 3.63) is 57.4 Å². The molecule has 1 N–H and O–H groups in total. The van der Waals surface area contributed by atoms with Gasteiger partial charge in [0.2, 0.25) is 0 Å². The zero-order valence-electron chi connectivity index (χ0n) is 10.8. The Bertz CT molecular complexity index is 636. The number of rotatable bonds is 5. The summed E-state index contributed by atoms with van der Waals surface area (Å²) in [5.74, 6) is -0.491. The highest BCUT2D eigenvalue weighted by molar-refractivity contribution is 5.90. The first kappa shape index (κ1) is 13.7. The fourth-order valence-electron chi connectivity index (χ4n) is 1.86. The summed E-state index contributed by atoms with van der Waals surface area (Å²) in [4.78, 5) is 22.2. The molecule has 0 aliphatic rings. The van der Waals surface area contributed by atoms with E-state index < -0.39 is 10.9 Å². The van der Waals surface area contributed by atoms with Gasteiger partial charge < -0.3 is 4.74 Å². The van der Waals surface area contributed by atoms with Crippen LogP contribution in [0.5, 0.6) is 0 Å². The Kier molecular flexibility index (Phi) is 4.09. The molecule has 0 spiro atoms. The molecule has 7 heteroatoms. The van der Waals surface area contributed by atoms with Gasteiger partial charge in [0.15, 0.2) is 0 Å². The summed E-state index contributed by atoms with van der Waals surface area (Å²) >= 11 is 0. The first-order valence-corrected chi connectivity index (χ1v) is 6.05. The monoisotopic (exact) mass is 275 g/mol. The van der Waals surface area contributed by atoms with Crippen molar-refractivity contribution in [3.8, 4) is 0 Å². The lowest BCUT2D eigenvalue weighted by molar-refractivity contribution is -0.385. The number of benzene rings is 1. The number of nitro groups is 1. The van der Waals surface area contributed by atoms with Crippen LogP contribution in [0.1, 0.15) is 28.5 Å². The van der Waals surface area contributed by atoms with Gasteiger partial charge in [0.05, 0.1) is 23.4 Å². The van der Waals surface area contributed by atoms with Crippen LogP contribution in [-0.2, 0) is 11.2 Å². The van der Waals surface area contributed by atoms with E-state index in [9.17, 15) is 14.9 Å². The molecule has 104 valence electrons.